The van der Waals surface area contributed by atoms with E-state index in [0.717, 1.165) is 37.7 Å². The van der Waals surface area contributed by atoms with Gasteiger partial charge in [-0.25, -0.2) is 0 Å². The Hall–Kier alpha value is -1.75. The van der Waals surface area contributed by atoms with Gasteiger partial charge < -0.3 is 14.8 Å². The SMILES string of the molecule is COc1ccccc1C1CNCCN1CCOc1ccccc1.Cl. The number of nitrogens with zero attached hydrogens (tertiary/aromatic N) is 1. The van der Waals surface area contributed by atoms with E-state index in [4.69, 9.17) is 9.47 Å². The number of para-hydroxylation sites is 2. The van der Waals surface area contributed by atoms with Gasteiger partial charge in [0.2, 0.25) is 0 Å². The summed E-state index contributed by atoms with van der Waals surface area (Å²) in [7, 11) is 1.73. The fourth-order valence-electron chi connectivity index (χ4n) is 3.06. The first-order valence-electron chi connectivity index (χ1n) is 8.14. The van der Waals surface area contributed by atoms with Crippen LogP contribution in [0.1, 0.15) is 11.6 Å². The van der Waals surface area contributed by atoms with E-state index in [2.05, 4.69) is 22.3 Å². The molecule has 2 aromatic rings. The van der Waals surface area contributed by atoms with Crippen LogP contribution in [-0.4, -0.2) is 44.8 Å². The largest absolute Gasteiger partial charge is 0.496 e. The van der Waals surface area contributed by atoms with Crippen molar-refractivity contribution in [3.8, 4) is 11.5 Å². The number of hydrogen-bond donors (Lipinski definition) is 1. The summed E-state index contributed by atoms with van der Waals surface area (Å²) in [5.41, 5.74) is 1.24. The van der Waals surface area contributed by atoms with Gasteiger partial charge in [-0.1, -0.05) is 36.4 Å². The molecule has 24 heavy (non-hydrogen) atoms. The molecule has 1 N–H and O–H groups in total. The third-order valence-corrected chi connectivity index (χ3v) is 4.24. The second-order valence-electron chi connectivity index (χ2n) is 5.66. The molecule has 1 aliphatic heterocycles. The number of benzene rings is 2. The van der Waals surface area contributed by atoms with E-state index in [1.54, 1.807) is 7.11 Å². The minimum Gasteiger partial charge on any atom is -0.496 e. The first kappa shape index (κ1) is 18.6. The second-order valence-corrected chi connectivity index (χ2v) is 5.66. The Labute approximate surface area is 150 Å². The van der Waals surface area contributed by atoms with E-state index < -0.39 is 0 Å². The van der Waals surface area contributed by atoms with Gasteiger partial charge in [0.1, 0.15) is 18.1 Å². The molecule has 5 heteroatoms. The number of hydrogen-bond acceptors (Lipinski definition) is 4. The number of halogens is 1. The molecule has 0 amide bonds. The van der Waals surface area contributed by atoms with Crippen LogP contribution in [0.4, 0.5) is 0 Å². The van der Waals surface area contributed by atoms with Crippen molar-refractivity contribution < 1.29 is 9.47 Å². The maximum atomic E-state index is 5.86. The lowest BCUT2D eigenvalue weighted by Crippen LogP contribution is -2.47. The molecule has 3 rings (SSSR count). The zero-order chi connectivity index (χ0) is 15.9. The summed E-state index contributed by atoms with van der Waals surface area (Å²) in [6, 6.07) is 18.6. The molecule has 1 fully saturated rings. The van der Waals surface area contributed by atoms with Crippen LogP contribution in [0.5, 0.6) is 11.5 Å². The topological polar surface area (TPSA) is 33.7 Å². The van der Waals surface area contributed by atoms with Gasteiger partial charge in [0, 0.05) is 31.7 Å². The highest BCUT2D eigenvalue weighted by molar-refractivity contribution is 5.85. The maximum absolute atomic E-state index is 5.86. The van der Waals surface area contributed by atoms with Crippen molar-refractivity contribution in [3.63, 3.8) is 0 Å². The molecule has 0 saturated carbocycles. The molecule has 2 aromatic carbocycles. The molecule has 4 nitrogen and oxygen atoms in total. The van der Waals surface area contributed by atoms with Crippen molar-refractivity contribution in [2.45, 2.75) is 6.04 Å². The van der Waals surface area contributed by atoms with Crippen LogP contribution in [0.3, 0.4) is 0 Å². The van der Waals surface area contributed by atoms with Crippen LogP contribution in [0, 0.1) is 0 Å². The summed E-state index contributed by atoms with van der Waals surface area (Å²) in [5.74, 6) is 1.88. The predicted octanol–water partition coefficient (Wildman–Crippen LogP) is 3.14. The van der Waals surface area contributed by atoms with Crippen molar-refractivity contribution in [3.05, 3.63) is 60.2 Å². The van der Waals surface area contributed by atoms with E-state index in [-0.39, 0.29) is 12.4 Å². The van der Waals surface area contributed by atoms with Crippen molar-refractivity contribution in [2.75, 3.05) is 39.9 Å². The predicted molar refractivity (Wildman–Crippen MR) is 99.4 cm³/mol. The Balaban J connectivity index is 0.00000208. The Morgan fingerprint density at radius 2 is 1.83 bits per heavy atom. The summed E-state index contributed by atoms with van der Waals surface area (Å²) >= 11 is 0. The molecule has 0 aliphatic carbocycles. The van der Waals surface area contributed by atoms with E-state index in [1.165, 1.54) is 5.56 Å². The Morgan fingerprint density at radius 1 is 1.08 bits per heavy atom. The Bertz CT molecular complexity index is 609. The van der Waals surface area contributed by atoms with Crippen molar-refractivity contribution in [2.24, 2.45) is 0 Å². The highest BCUT2D eigenvalue weighted by Gasteiger charge is 2.25. The Morgan fingerprint density at radius 3 is 2.62 bits per heavy atom. The monoisotopic (exact) mass is 348 g/mol. The summed E-state index contributed by atoms with van der Waals surface area (Å²) in [6.45, 7) is 4.55. The minimum atomic E-state index is 0. The van der Waals surface area contributed by atoms with Gasteiger partial charge in [-0.15, -0.1) is 12.4 Å². The van der Waals surface area contributed by atoms with Gasteiger partial charge in [0.15, 0.2) is 0 Å². The van der Waals surface area contributed by atoms with Crippen molar-refractivity contribution in [1.82, 2.24) is 10.2 Å². The average molecular weight is 349 g/mol. The van der Waals surface area contributed by atoms with Gasteiger partial charge in [0.05, 0.1) is 13.2 Å². The molecule has 0 bridgehead atoms. The lowest BCUT2D eigenvalue weighted by atomic mass is 10.0. The molecule has 1 saturated heterocycles. The molecule has 1 heterocycles. The minimum absolute atomic E-state index is 0. The molecule has 0 spiro atoms. The standard InChI is InChI=1S/C19H24N2O2.ClH/c1-22-19-10-6-5-9-17(19)18-15-20-11-12-21(18)13-14-23-16-7-3-2-4-8-16;/h2-10,18,20H,11-15H2,1H3;1H. The highest BCUT2D eigenvalue weighted by atomic mass is 35.5. The number of rotatable bonds is 6. The van der Waals surface area contributed by atoms with Crippen molar-refractivity contribution >= 4 is 12.4 Å². The first-order chi connectivity index (χ1) is 11.4. The van der Waals surface area contributed by atoms with Gasteiger partial charge in [-0.3, -0.25) is 4.90 Å². The van der Waals surface area contributed by atoms with Gasteiger partial charge in [0.25, 0.3) is 0 Å². The van der Waals surface area contributed by atoms with Crippen LogP contribution in [0.2, 0.25) is 0 Å². The zero-order valence-corrected chi connectivity index (χ0v) is 14.8. The zero-order valence-electron chi connectivity index (χ0n) is 14.0. The lowest BCUT2D eigenvalue weighted by molar-refractivity contribution is 0.132. The fraction of sp³-hybridized carbons (Fsp3) is 0.368. The number of nitrogens with one attached hydrogen (secondary N) is 1. The van der Waals surface area contributed by atoms with Gasteiger partial charge >= 0.3 is 0 Å². The number of ether oxygens (including phenoxy) is 2. The highest BCUT2D eigenvalue weighted by Crippen LogP contribution is 2.29. The molecule has 1 aliphatic rings. The molecular weight excluding hydrogens is 324 g/mol. The van der Waals surface area contributed by atoms with Crippen LogP contribution in [0.15, 0.2) is 54.6 Å². The van der Waals surface area contributed by atoms with Crippen molar-refractivity contribution in [1.29, 1.82) is 0 Å². The van der Waals surface area contributed by atoms with Crippen LogP contribution in [-0.2, 0) is 0 Å². The summed E-state index contributed by atoms with van der Waals surface area (Å²) in [6.07, 6.45) is 0. The van der Waals surface area contributed by atoms with E-state index >= 15 is 0 Å². The Kier molecular flexibility index (Phi) is 7.37. The normalized spacial score (nSPS) is 17.8. The smallest absolute Gasteiger partial charge is 0.123 e. The van der Waals surface area contributed by atoms with Crippen LogP contribution >= 0.6 is 12.4 Å². The molecule has 1 unspecified atom stereocenters. The van der Waals surface area contributed by atoms with E-state index in [0.29, 0.717) is 12.6 Å². The quantitative estimate of drug-likeness (QED) is 0.869. The summed E-state index contributed by atoms with van der Waals surface area (Å²) in [4.78, 5) is 2.47. The number of piperazine rings is 1. The molecule has 1 atom stereocenters. The number of methoxy groups -OCH3 is 1. The van der Waals surface area contributed by atoms with Gasteiger partial charge in [-0.05, 0) is 18.2 Å². The van der Waals surface area contributed by atoms with E-state index in [1.807, 2.05) is 42.5 Å². The molecule has 0 radical (unpaired) electrons. The molecular formula is C19H25ClN2O2. The first-order valence-corrected chi connectivity index (χ1v) is 8.14. The van der Waals surface area contributed by atoms with Gasteiger partial charge in [-0.2, -0.15) is 0 Å². The maximum Gasteiger partial charge on any atom is 0.123 e. The van der Waals surface area contributed by atoms with Crippen LogP contribution in [0.25, 0.3) is 0 Å². The second kappa shape index (κ2) is 9.52. The fourth-order valence-corrected chi connectivity index (χ4v) is 3.06. The lowest BCUT2D eigenvalue weighted by Gasteiger charge is -2.36. The summed E-state index contributed by atoms with van der Waals surface area (Å²) < 4.78 is 11.4. The molecule has 0 aromatic heterocycles. The average Bonchev–Trinajstić information content (AvgIpc) is 2.63. The summed E-state index contributed by atoms with van der Waals surface area (Å²) in [5, 5.41) is 3.48. The van der Waals surface area contributed by atoms with E-state index in [9.17, 15) is 0 Å². The third kappa shape index (κ3) is 4.63. The van der Waals surface area contributed by atoms with Crippen LogP contribution < -0.4 is 14.8 Å². The molecule has 130 valence electrons. The third-order valence-electron chi connectivity index (χ3n) is 4.24.